The highest BCUT2D eigenvalue weighted by Gasteiger charge is 2.02. The Morgan fingerprint density at radius 1 is 1.64 bits per heavy atom. The Balaban J connectivity index is 3.45. The second-order valence-electron chi connectivity index (χ2n) is 2.41. The fraction of sp³-hybridized carbons (Fsp3) is 0.714. The van der Waals surface area contributed by atoms with Crippen molar-refractivity contribution < 1.29 is 9.53 Å². The average Bonchev–Trinajstić information content (AvgIpc) is 1.82. The van der Waals surface area contributed by atoms with E-state index in [0.29, 0.717) is 10.1 Å². The molecule has 0 aliphatic carbocycles. The monoisotopic (exact) mass is 192 g/mol. The van der Waals surface area contributed by atoms with Gasteiger partial charge in [0.25, 0.3) is 0 Å². The van der Waals surface area contributed by atoms with Gasteiger partial charge in [-0.1, -0.05) is 11.8 Å². The second-order valence-corrected chi connectivity index (χ2v) is 3.98. The van der Waals surface area contributed by atoms with Crippen molar-refractivity contribution in [3.05, 3.63) is 0 Å². The van der Waals surface area contributed by atoms with Gasteiger partial charge in [-0.3, -0.25) is 4.79 Å². The summed E-state index contributed by atoms with van der Waals surface area (Å²) in [5.74, 6) is 0.524. The average molecular weight is 192 g/mol. The largest absolute Gasteiger partial charge is 0.476 e. The molecule has 0 aliphatic rings. The summed E-state index contributed by atoms with van der Waals surface area (Å²) in [6, 6.07) is 0. The Hall–Kier alpha value is -0.0900. The molecule has 4 heteroatoms. The van der Waals surface area contributed by atoms with Crippen molar-refractivity contribution in [1.82, 2.24) is 0 Å². The van der Waals surface area contributed by atoms with Gasteiger partial charge >= 0.3 is 0 Å². The number of rotatable bonds is 3. The number of hydrogen-bond acceptors (Lipinski definition) is 4. The van der Waals surface area contributed by atoms with E-state index < -0.39 is 0 Å². The molecule has 11 heavy (non-hydrogen) atoms. The van der Waals surface area contributed by atoms with Crippen molar-refractivity contribution in [3.63, 3.8) is 0 Å². The van der Waals surface area contributed by atoms with Crippen molar-refractivity contribution in [2.24, 2.45) is 0 Å². The number of thiocarbonyl (C=S) groups is 1. The maximum atomic E-state index is 10.5. The maximum Gasteiger partial charge on any atom is 0.220 e. The van der Waals surface area contributed by atoms with Crippen molar-refractivity contribution in [1.29, 1.82) is 0 Å². The number of hydrogen-bond donors (Lipinski definition) is 0. The Bertz CT molecular complexity index is 155. The van der Waals surface area contributed by atoms with Crippen LogP contribution in [0, 0.1) is 0 Å². The minimum absolute atomic E-state index is 0.0990. The van der Waals surface area contributed by atoms with E-state index in [1.54, 1.807) is 0 Å². The van der Waals surface area contributed by atoms with E-state index in [1.807, 2.05) is 13.8 Å². The van der Waals surface area contributed by atoms with Crippen molar-refractivity contribution in [3.8, 4) is 0 Å². The van der Waals surface area contributed by atoms with E-state index in [4.69, 9.17) is 17.0 Å². The molecule has 0 saturated carbocycles. The molecule has 0 aromatic rings. The molecule has 0 radical (unpaired) electrons. The van der Waals surface area contributed by atoms with Crippen molar-refractivity contribution in [2.75, 3.05) is 5.75 Å². The van der Waals surface area contributed by atoms with Gasteiger partial charge in [0.1, 0.15) is 5.78 Å². The van der Waals surface area contributed by atoms with E-state index in [-0.39, 0.29) is 11.9 Å². The van der Waals surface area contributed by atoms with Gasteiger partial charge in [0.15, 0.2) is 0 Å². The first-order chi connectivity index (χ1) is 5.02. The van der Waals surface area contributed by atoms with Crippen molar-refractivity contribution >= 4 is 34.1 Å². The molecule has 0 spiro atoms. The fourth-order valence-corrected chi connectivity index (χ4v) is 1.34. The molecule has 0 atom stereocenters. The van der Waals surface area contributed by atoms with Crippen LogP contribution in [0.2, 0.25) is 0 Å². The molecule has 0 aromatic heterocycles. The Labute approximate surface area is 76.7 Å². The SMILES string of the molecule is CC(=O)CSC(=S)OC(C)C. The van der Waals surface area contributed by atoms with E-state index in [0.717, 1.165) is 0 Å². The lowest BCUT2D eigenvalue weighted by Crippen LogP contribution is -2.08. The van der Waals surface area contributed by atoms with Gasteiger partial charge < -0.3 is 4.74 Å². The Kier molecular flexibility index (Phi) is 5.50. The first kappa shape index (κ1) is 10.9. The number of Topliss-reactive ketones (excluding diaryl/α,β-unsaturated/α-hetero) is 1. The summed E-state index contributed by atoms with van der Waals surface area (Å²) in [6.07, 6.45) is 0.0990. The molecular weight excluding hydrogens is 180 g/mol. The van der Waals surface area contributed by atoms with Crippen molar-refractivity contribution in [2.45, 2.75) is 26.9 Å². The highest BCUT2D eigenvalue weighted by atomic mass is 32.2. The van der Waals surface area contributed by atoms with Gasteiger partial charge in [0.2, 0.25) is 4.38 Å². The summed E-state index contributed by atoms with van der Waals surface area (Å²) in [6.45, 7) is 5.34. The lowest BCUT2D eigenvalue weighted by Gasteiger charge is -2.08. The summed E-state index contributed by atoms with van der Waals surface area (Å²) >= 11 is 6.11. The van der Waals surface area contributed by atoms with Crippen LogP contribution in [0.1, 0.15) is 20.8 Å². The molecule has 0 amide bonds. The molecular formula is C7H12O2S2. The zero-order valence-corrected chi connectivity index (χ0v) is 8.55. The van der Waals surface area contributed by atoms with E-state index in [9.17, 15) is 4.79 Å². The van der Waals surface area contributed by atoms with Gasteiger partial charge in [-0.15, -0.1) is 0 Å². The lowest BCUT2D eigenvalue weighted by atomic mass is 10.5. The maximum absolute atomic E-state index is 10.5. The van der Waals surface area contributed by atoms with Gasteiger partial charge in [-0.25, -0.2) is 0 Å². The van der Waals surface area contributed by atoms with Crippen LogP contribution < -0.4 is 0 Å². The van der Waals surface area contributed by atoms with Crippen LogP contribution in [-0.2, 0) is 9.53 Å². The summed E-state index contributed by atoms with van der Waals surface area (Å²) < 4.78 is 5.60. The van der Waals surface area contributed by atoms with Crippen LogP contribution in [0.3, 0.4) is 0 Å². The third-order valence-corrected chi connectivity index (χ3v) is 2.06. The highest BCUT2D eigenvalue weighted by molar-refractivity contribution is 8.23. The number of thioether (sulfide) groups is 1. The molecule has 0 unspecified atom stereocenters. The van der Waals surface area contributed by atoms with Gasteiger partial charge in [-0.2, -0.15) is 0 Å². The molecule has 0 aromatic carbocycles. The molecule has 0 aliphatic heterocycles. The molecule has 0 saturated heterocycles. The molecule has 2 nitrogen and oxygen atoms in total. The minimum atomic E-state index is 0.0990. The normalized spacial score (nSPS) is 9.82. The molecule has 0 heterocycles. The first-order valence-corrected chi connectivity index (χ1v) is 4.74. The molecule has 0 rings (SSSR count). The van der Waals surface area contributed by atoms with Gasteiger partial charge in [0, 0.05) is 0 Å². The van der Waals surface area contributed by atoms with Crippen LogP contribution in [0.5, 0.6) is 0 Å². The third-order valence-electron chi connectivity index (χ3n) is 0.725. The predicted octanol–water partition coefficient (Wildman–Crippen LogP) is 2.02. The minimum Gasteiger partial charge on any atom is -0.476 e. The zero-order valence-electron chi connectivity index (χ0n) is 6.92. The second kappa shape index (κ2) is 5.55. The topological polar surface area (TPSA) is 26.3 Å². The summed E-state index contributed by atoms with van der Waals surface area (Å²) in [5.41, 5.74) is 0. The van der Waals surface area contributed by atoms with Gasteiger partial charge in [-0.05, 0) is 33.0 Å². The zero-order chi connectivity index (χ0) is 8.85. The predicted molar refractivity (Wildman–Crippen MR) is 52.0 cm³/mol. The molecule has 0 bridgehead atoms. The van der Waals surface area contributed by atoms with E-state index in [1.165, 1.54) is 18.7 Å². The summed E-state index contributed by atoms with van der Waals surface area (Å²) in [4.78, 5) is 10.5. The number of carbonyl (C=O) groups is 1. The molecule has 0 fully saturated rings. The third kappa shape index (κ3) is 7.81. The number of carbonyl (C=O) groups excluding carboxylic acids is 1. The standard InChI is InChI=1S/C7H12O2S2/c1-5(2)9-7(10)11-4-6(3)8/h5H,4H2,1-3H3. The van der Waals surface area contributed by atoms with Crippen LogP contribution in [0.25, 0.3) is 0 Å². The lowest BCUT2D eigenvalue weighted by molar-refractivity contribution is -0.114. The van der Waals surface area contributed by atoms with Crippen LogP contribution in [-0.4, -0.2) is 22.0 Å². The first-order valence-electron chi connectivity index (χ1n) is 3.35. The number of ether oxygens (including phenoxy) is 1. The molecule has 64 valence electrons. The highest BCUT2D eigenvalue weighted by Crippen LogP contribution is 2.07. The Morgan fingerprint density at radius 2 is 2.18 bits per heavy atom. The van der Waals surface area contributed by atoms with E-state index in [2.05, 4.69) is 0 Å². The molecule has 0 N–H and O–H groups in total. The fourth-order valence-electron chi connectivity index (χ4n) is 0.387. The summed E-state index contributed by atoms with van der Waals surface area (Å²) in [7, 11) is 0. The van der Waals surface area contributed by atoms with Crippen LogP contribution in [0.4, 0.5) is 0 Å². The number of ketones is 1. The van der Waals surface area contributed by atoms with Gasteiger partial charge in [0.05, 0.1) is 11.9 Å². The summed E-state index contributed by atoms with van der Waals surface area (Å²) in [5, 5.41) is 0. The smallest absolute Gasteiger partial charge is 0.220 e. The quantitative estimate of drug-likeness (QED) is 0.639. The van der Waals surface area contributed by atoms with Crippen LogP contribution in [0.15, 0.2) is 0 Å². The van der Waals surface area contributed by atoms with E-state index >= 15 is 0 Å². The van der Waals surface area contributed by atoms with Crippen LogP contribution >= 0.6 is 24.0 Å². The Morgan fingerprint density at radius 3 is 2.55 bits per heavy atom.